The second kappa shape index (κ2) is 8.48. The van der Waals surface area contributed by atoms with E-state index in [2.05, 4.69) is 8.37 Å². The highest BCUT2D eigenvalue weighted by Crippen LogP contribution is 2.21. The monoisotopic (exact) mass is 430 g/mol. The fourth-order valence-corrected chi connectivity index (χ4v) is 4.12. The third-order valence-corrected chi connectivity index (χ3v) is 5.91. The molecule has 2 aromatic rings. The number of carboxylic acid groups (broad SMARTS) is 2. The molecule has 28 heavy (non-hydrogen) atoms. The summed E-state index contributed by atoms with van der Waals surface area (Å²) in [7, 11) is -9.44. The van der Waals surface area contributed by atoms with Crippen LogP contribution in [0.5, 0.6) is 0 Å². The van der Waals surface area contributed by atoms with Gasteiger partial charge in [-0.15, -0.1) is 0 Å². The molecule has 0 saturated carbocycles. The normalized spacial score (nSPS) is 14.1. The summed E-state index contributed by atoms with van der Waals surface area (Å²) in [5, 5.41) is 18.5. The first-order valence-corrected chi connectivity index (χ1v) is 10.3. The fourth-order valence-electron chi connectivity index (χ4n) is 2.00. The first-order chi connectivity index (χ1) is 13.0. The van der Waals surface area contributed by atoms with Gasteiger partial charge in [-0.05, 0) is 24.3 Å². The van der Waals surface area contributed by atoms with E-state index in [-0.39, 0.29) is 0 Å². The Morgan fingerprint density at radius 1 is 0.643 bits per heavy atom. The Balaban J connectivity index is 2.38. The van der Waals surface area contributed by atoms with Gasteiger partial charge in [0.25, 0.3) is 20.2 Å². The second-order valence-corrected chi connectivity index (χ2v) is 8.39. The highest BCUT2D eigenvalue weighted by atomic mass is 32.2. The third kappa shape index (κ3) is 5.13. The second-order valence-electron chi connectivity index (χ2n) is 5.24. The van der Waals surface area contributed by atoms with E-state index in [1.54, 1.807) is 0 Å². The molecule has 2 atom stereocenters. The van der Waals surface area contributed by atoms with Crippen molar-refractivity contribution < 1.29 is 45.0 Å². The molecule has 2 N–H and O–H groups in total. The molecule has 0 amide bonds. The zero-order valence-corrected chi connectivity index (χ0v) is 15.5. The lowest BCUT2D eigenvalue weighted by Gasteiger charge is -2.20. The maximum absolute atomic E-state index is 12.2. The van der Waals surface area contributed by atoms with Gasteiger partial charge in [-0.1, -0.05) is 36.4 Å². The fraction of sp³-hybridized carbons (Fsp3) is 0.125. The van der Waals surface area contributed by atoms with Gasteiger partial charge in [0.05, 0.1) is 9.79 Å². The molecule has 0 spiro atoms. The summed E-state index contributed by atoms with van der Waals surface area (Å²) >= 11 is 0. The van der Waals surface area contributed by atoms with Crippen LogP contribution in [0.25, 0.3) is 0 Å². The summed E-state index contributed by atoms with van der Waals surface area (Å²) in [6, 6.07) is 12.7. The first-order valence-electron chi connectivity index (χ1n) is 7.47. The van der Waals surface area contributed by atoms with Gasteiger partial charge in [-0.25, -0.2) is 18.0 Å². The van der Waals surface area contributed by atoms with Crippen LogP contribution in [0, 0.1) is 0 Å². The summed E-state index contributed by atoms with van der Waals surface area (Å²) in [4.78, 5) is 22.0. The summed E-state index contributed by atoms with van der Waals surface area (Å²) in [6.07, 6.45) is -5.33. The van der Waals surface area contributed by atoms with E-state index in [4.69, 9.17) is 0 Å². The molecule has 0 aliphatic heterocycles. The van der Waals surface area contributed by atoms with Gasteiger partial charge < -0.3 is 10.2 Å². The molecule has 0 aliphatic rings. The van der Waals surface area contributed by atoms with E-state index in [1.807, 2.05) is 0 Å². The predicted molar refractivity (Wildman–Crippen MR) is 92.3 cm³/mol. The van der Waals surface area contributed by atoms with Gasteiger partial charge in [0.2, 0.25) is 12.2 Å². The van der Waals surface area contributed by atoms with Crippen LogP contribution in [0.1, 0.15) is 0 Å². The van der Waals surface area contributed by atoms with Gasteiger partial charge in [0, 0.05) is 0 Å². The summed E-state index contributed by atoms with van der Waals surface area (Å²) in [6.45, 7) is 0. The Morgan fingerprint density at radius 3 is 1.18 bits per heavy atom. The van der Waals surface area contributed by atoms with Crippen LogP contribution >= 0.6 is 0 Å². The Kier molecular flexibility index (Phi) is 6.51. The molecule has 0 aromatic heterocycles. The van der Waals surface area contributed by atoms with Crippen molar-refractivity contribution in [1.82, 2.24) is 0 Å². The smallest absolute Gasteiger partial charge is 0.337 e. The molecule has 0 saturated heterocycles. The van der Waals surface area contributed by atoms with E-state index < -0.39 is 54.2 Å². The Labute approximate surface area is 160 Å². The maximum Gasteiger partial charge on any atom is 0.337 e. The lowest BCUT2D eigenvalue weighted by atomic mass is 10.2. The first kappa shape index (κ1) is 21.5. The molecule has 12 heteroatoms. The molecular formula is C16H14O10S2. The standard InChI is InChI=1S/C16H14O10S2/c17-15(18)13(25-27(21,22)11-7-3-1-4-8-11)14(16(19)20)26-28(23,24)12-9-5-2-6-10-12/h1-10,13-14H,(H,17,18)(H,19,20)/t13-,14-/m1/s1. The van der Waals surface area contributed by atoms with Crippen LogP contribution in [0.2, 0.25) is 0 Å². The largest absolute Gasteiger partial charge is 0.479 e. The van der Waals surface area contributed by atoms with Crippen LogP contribution in [0.3, 0.4) is 0 Å². The van der Waals surface area contributed by atoms with Crippen LogP contribution in [-0.2, 0) is 38.2 Å². The Bertz CT molecular complexity index is 960. The summed E-state index contributed by atoms with van der Waals surface area (Å²) < 4.78 is 57.9. The van der Waals surface area contributed by atoms with E-state index in [0.717, 1.165) is 24.3 Å². The van der Waals surface area contributed by atoms with Gasteiger partial charge in [0.1, 0.15) is 0 Å². The molecule has 0 fully saturated rings. The number of hydrogen-bond donors (Lipinski definition) is 2. The molecule has 0 unspecified atom stereocenters. The molecule has 150 valence electrons. The van der Waals surface area contributed by atoms with Gasteiger partial charge >= 0.3 is 11.9 Å². The molecular weight excluding hydrogens is 416 g/mol. The van der Waals surface area contributed by atoms with Crippen molar-refractivity contribution in [3.8, 4) is 0 Å². The number of carboxylic acids is 2. The van der Waals surface area contributed by atoms with E-state index in [0.29, 0.717) is 0 Å². The number of rotatable bonds is 9. The van der Waals surface area contributed by atoms with Crippen molar-refractivity contribution in [3.05, 3.63) is 60.7 Å². The molecule has 0 heterocycles. The van der Waals surface area contributed by atoms with Crippen LogP contribution in [-0.4, -0.2) is 51.2 Å². The van der Waals surface area contributed by atoms with Crippen molar-refractivity contribution in [1.29, 1.82) is 0 Å². The Morgan fingerprint density at radius 2 is 0.929 bits per heavy atom. The van der Waals surface area contributed by atoms with E-state index in [9.17, 15) is 36.6 Å². The maximum atomic E-state index is 12.2. The van der Waals surface area contributed by atoms with Gasteiger partial charge in [-0.2, -0.15) is 16.8 Å². The van der Waals surface area contributed by atoms with E-state index >= 15 is 0 Å². The molecule has 10 nitrogen and oxygen atoms in total. The van der Waals surface area contributed by atoms with Crippen molar-refractivity contribution in [2.45, 2.75) is 22.0 Å². The summed E-state index contributed by atoms with van der Waals surface area (Å²) in [5.74, 6) is -4.09. The number of benzene rings is 2. The quantitative estimate of drug-likeness (QED) is 0.542. The minimum absolute atomic E-state index is 0.448. The van der Waals surface area contributed by atoms with Crippen molar-refractivity contribution >= 4 is 32.2 Å². The average molecular weight is 430 g/mol. The van der Waals surface area contributed by atoms with Crippen LogP contribution in [0.15, 0.2) is 70.5 Å². The van der Waals surface area contributed by atoms with Crippen molar-refractivity contribution in [2.24, 2.45) is 0 Å². The molecule has 0 aliphatic carbocycles. The SMILES string of the molecule is O=C(O)[C@H](OS(=O)(=O)c1ccccc1)[C@@H](OS(=O)(=O)c1ccccc1)C(=O)O. The minimum atomic E-state index is -4.72. The third-order valence-electron chi connectivity index (χ3n) is 3.29. The summed E-state index contributed by atoms with van der Waals surface area (Å²) in [5.41, 5.74) is 0. The lowest BCUT2D eigenvalue weighted by Crippen LogP contribution is -2.45. The highest BCUT2D eigenvalue weighted by Gasteiger charge is 2.43. The Hall–Kier alpha value is -2.80. The number of carbonyl (C=O) groups is 2. The predicted octanol–water partition coefficient (Wildman–Crippen LogP) is 0.704. The topological polar surface area (TPSA) is 161 Å². The van der Waals surface area contributed by atoms with Gasteiger partial charge in [0.15, 0.2) is 0 Å². The van der Waals surface area contributed by atoms with Crippen LogP contribution in [0.4, 0.5) is 0 Å². The zero-order chi connectivity index (χ0) is 20.9. The van der Waals surface area contributed by atoms with Crippen molar-refractivity contribution in [3.63, 3.8) is 0 Å². The molecule has 2 aromatic carbocycles. The minimum Gasteiger partial charge on any atom is -0.479 e. The van der Waals surface area contributed by atoms with Gasteiger partial charge in [-0.3, -0.25) is 0 Å². The molecule has 0 bridgehead atoms. The highest BCUT2D eigenvalue weighted by molar-refractivity contribution is 7.87. The van der Waals surface area contributed by atoms with E-state index in [1.165, 1.54) is 36.4 Å². The molecule has 2 rings (SSSR count). The average Bonchev–Trinajstić information content (AvgIpc) is 2.65. The lowest BCUT2D eigenvalue weighted by molar-refractivity contribution is -0.161. The molecule has 0 radical (unpaired) electrons. The number of aliphatic carboxylic acids is 2. The zero-order valence-electron chi connectivity index (χ0n) is 13.9. The van der Waals surface area contributed by atoms with Crippen molar-refractivity contribution in [2.75, 3.05) is 0 Å². The van der Waals surface area contributed by atoms with Crippen LogP contribution < -0.4 is 0 Å². The number of hydrogen-bond acceptors (Lipinski definition) is 8.